The summed E-state index contributed by atoms with van der Waals surface area (Å²) in [4.78, 5) is 6.01. The smallest absolute Gasteiger partial charge is 0.242 e. The number of hydrogen-bond acceptors (Lipinski definition) is 5. The summed E-state index contributed by atoms with van der Waals surface area (Å²) in [6, 6.07) is 3.39. The molecule has 8 heteroatoms. The van der Waals surface area contributed by atoms with Crippen molar-refractivity contribution in [1.29, 1.82) is 0 Å². The molecule has 0 aliphatic carbocycles. The van der Waals surface area contributed by atoms with Crippen LogP contribution in [0.3, 0.4) is 0 Å². The molecule has 1 unspecified atom stereocenters. The third kappa shape index (κ3) is 4.99. The van der Waals surface area contributed by atoms with E-state index in [0.29, 0.717) is 19.1 Å². The minimum Gasteiger partial charge on any atom is -0.388 e. The van der Waals surface area contributed by atoms with Crippen LogP contribution in [0, 0.1) is 0 Å². The molecular formula is C13H22N4O2S2. The van der Waals surface area contributed by atoms with Crippen molar-refractivity contribution in [3.8, 4) is 0 Å². The molecule has 21 heavy (non-hydrogen) atoms. The number of nitrogens with one attached hydrogen (secondary N) is 1. The predicted octanol–water partition coefficient (Wildman–Crippen LogP) is 0.724. The number of hydrogen-bond donors (Lipinski definition) is 2. The van der Waals surface area contributed by atoms with Crippen LogP contribution in [0.5, 0.6) is 0 Å². The van der Waals surface area contributed by atoms with E-state index < -0.39 is 10.0 Å². The maximum Gasteiger partial charge on any atom is 0.242 e. The molecule has 1 aromatic rings. The second-order valence-electron chi connectivity index (χ2n) is 4.85. The summed E-state index contributed by atoms with van der Waals surface area (Å²) >= 11 is 4.84. The van der Waals surface area contributed by atoms with Crippen LogP contribution in [0.25, 0.3) is 0 Å². The molecule has 3 N–H and O–H groups in total. The number of nitrogens with zero attached hydrogens (tertiary/aromatic N) is 2. The molecule has 0 radical (unpaired) electrons. The molecule has 0 spiro atoms. The number of pyridine rings is 1. The number of thiocarbonyl (C=S) groups is 1. The Morgan fingerprint density at radius 2 is 2.24 bits per heavy atom. The Morgan fingerprint density at radius 3 is 2.81 bits per heavy atom. The molecule has 118 valence electrons. The third-order valence-electron chi connectivity index (χ3n) is 3.39. The summed E-state index contributed by atoms with van der Waals surface area (Å²) in [6.45, 7) is 5.13. The second kappa shape index (κ2) is 7.79. The van der Waals surface area contributed by atoms with Gasteiger partial charge in [0.1, 0.15) is 15.6 Å². The summed E-state index contributed by atoms with van der Waals surface area (Å²) in [7, 11) is -1.71. The minimum absolute atomic E-state index is 0.0173. The lowest BCUT2D eigenvalue weighted by molar-refractivity contribution is 0.256. The Morgan fingerprint density at radius 1 is 1.57 bits per heavy atom. The number of likely N-dealkylation sites (N-methyl/N-ethyl adjacent to an activating group) is 1. The molecule has 0 saturated carbocycles. The van der Waals surface area contributed by atoms with Gasteiger partial charge in [0.2, 0.25) is 10.0 Å². The van der Waals surface area contributed by atoms with E-state index in [4.69, 9.17) is 18.0 Å². The standard InChI is InChI=1S/C13H22N4O2S2/c1-4-10(2)17(3)9-8-16-21(18,19)11-6-5-7-15-12(11)13(14)20/h5-7,10,16H,4,8-9H2,1-3H3,(H2,14,20). The average molecular weight is 330 g/mol. The van der Waals surface area contributed by atoms with E-state index >= 15 is 0 Å². The number of sulfonamides is 1. The van der Waals surface area contributed by atoms with Gasteiger partial charge in [-0.25, -0.2) is 13.1 Å². The monoisotopic (exact) mass is 330 g/mol. The first-order valence-corrected chi connectivity index (χ1v) is 8.63. The molecule has 0 amide bonds. The van der Waals surface area contributed by atoms with Crippen LogP contribution in [0.15, 0.2) is 23.2 Å². The van der Waals surface area contributed by atoms with Crippen LogP contribution < -0.4 is 10.5 Å². The van der Waals surface area contributed by atoms with E-state index in [1.165, 1.54) is 12.3 Å². The fourth-order valence-corrected chi connectivity index (χ4v) is 3.18. The molecule has 1 rings (SSSR count). The van der Waals surface area contributed by atoms with Gasteiger partial charge in [-0.05, 0) is 32.5 Å². The predicted molar refractivity (Wildman–Crippen MR) is 87.7 cm³/mol. The second-order valence-corrected chi connectivity index (χ2v) is 7.03. The quantitative estimate of drug-likeness (QED) is 0.683. The molecule has 1 aromatic heterocycles. The van der Waals surface area contributed by atoms with E-state index in [9.17, 15) is 8.42 Å². The SMILES string of the molecule is CCC(C)N(C)CCNS(=O)(=O)c1cccnc1C(N)=S. The topological polar surface area (TPSA) is 88.3 Å². The van der Waals surface area contributed by atoms with Crippen LogP contribution in [-0.2, 0) is 10.0 Å². The van der Waals surface area contributed by atoms with E-state index in [-0.39, 0.29) is 15.6 Å². The van der Waals surface area contributed by atoms with Gasteiger partial charge in [-0.15, -0.1) is 0 Å². The minimum atomic E-state index is -3.67. The Kier molecular flexibility index (Phi) is 6.66. The number of nitrogens with two attached hydrogens (primary N) is 1. The summed E-state index contributed by atoms with van der Waals surface area (Å²) in [5.41, 5.74) is 5.64. The van der Waals surface area contributed by atoms with E-state index in [0.717, 1.165) is 6.42 Å². The molecule has 0 aliphatic rings. The van der Waals surface area contributed by atoms with Crippen LogP contribution >= 0.6 is 12.2 Å². The molecule has 0 fully saturated rings. The van der Waals surface area contributed by atoms with Crippen LogP contribution in [-0.4, -0.2) is 49.5 Å². The van der Waals surface area contributed by atoms with Gasteiger partial charge >= 0.3 is 0 Å². The highest BCUT2D eigenvalue weighted by Gasteiger charge is 2.20. The van der Waals surface area contributed by atoms with Gasteiger partial charge in [0.25, 0.3) is 0 Å². The van der Waals surface area contributed by atoms with Crippen molar-refractivity contribution in [3.63, 3.8) is 0 Å². The highest BCUT2D eigenvalue weighted by molar-refractivity contribution is 7.89. The largest absolute Gasteiger partial charge is 0.388 e. The first kappa shape index (κ1) is 18.0. The Hall–Kier alpha value is -1.09. The van der Waals surface area contributed by atoms with Crippen LogP contribution in [0.2, 0.25) is 0 Å². The van der Waals surface area contributed by atoms with Crippen molar-refractivity contribution in [3.05, 3.63) is 24.0 Å². The Balaban J connectivity index is 2.77. The molecule has 0 saturated heterocycles. The van der Waals surface area contributed by atoms with Gasteiger partial charge in [-0.1, -0.05) is 19.1 Å². The van der Waals surface area contributed by atoms with E-state index in [1.54, 1.807) is 6.07 Å². The first-order valence-electron chi connectivity index (χ1n) is 6.74. The van der Waals surface area contributed by atoms with Gasteiger partial charge in [0, 0.05) is 25.3 Å². The molecule has 6 nitrogen and oxygen atoms in total. The maximum atomic E-state index is 12.3. The van der Waals surface area contributed by atoms with Crippen molar-refractivity contribution in [2.45, 2.75) is 31.2 Å². The van der Waals surface area contributed by atoms with Gasteiger partial charge in [-0.2, -0.15) is 0 Å². The molecule has 0 aromatic carbocycles. The van der Waals surface area contributed by atoms with Gasteiger partial charge in [0.05, 0.1) is 0 Å². The third-order valence-corrected chi connectivity index (χ3v) is 5.08. The number of aromatic nitrogens is 1. The lowest BCUT2D eigenvalue weighted by Crippen LogP contribution is -2.37. The number of rotatable bonds is 8. The van der Waals surface area contributed by atoms with E-state index in [1.807, 2.05) is 7.05 Å². The van der Waals surface area contributed by atoms with Crippen LogP contribution in [0.1, 0.15) is 26.0 Å². The Labute approximate surface area is 131 Å². The van der Waals surface area contributed by atoms with Crippen molar-refractivity contribution in [2.75, 3.05) is 20.1 Å². The molecule has 0 bridgehead atoms. The van der Waals surface area contributed by atoms with Crippen molar-refractivity contribution in [1.82, 2.24) is 14.6 Å². The highest BCUT2D eigenvalue weighted by atomic mass is 32.2. The van der Waals surface area contributed by atoms with Gasteiger partial charge in [-0.3, -0.25) is 4.98 Å². The zero-order valence-corrected chi connectivity index (χ0v) is 14.2. The highest BCUT2D eigenvalue weighted by Crippen LogP contribution is 2.12. The van der Waals surface area contributed by atoms with Crippen LogP contribution in [0.4, 0.5) is 0 Å². The first-order chi connectivity index (χ1) is 9.79. The molecular weight excluding hydrogens is 308 g/mol. The van der Waals surface area contributed by atoms with Crippen molar-refractivity contribution >= 4 is 27.2 Å². The summed E-state index contributed by atoms with van der Waals surface area (Å²) < 4.78 is 27.1. The summed E-state index contributed by atoms with van der Waals surface area (Å²) in [6.07, 6.45) is 2.47. The van der Waals surface area contributed by atoms with Crippen molar-refractivity contribution < 1.29 is 8.42 Å². The summed E-state index contributed by atoms with van der Waals surface area (Å²) in [5.74, 6) is 0. The van der Waals surface area contributed by atoms with Gasteiger partial charge < -0.3 is 10.6 Å². The average Bonchev–Trinajstić information content (AvgIpc) is 2.46. The van der Waals surface area contributed by atoms with E-state index in [2.05, 4.69) is 28.5 Å². The maximum absolute atomic E-state index is 12.3. The Bertz CT molecular complexity index is 590. The van der Waals surface area contributed by atoms with Gasteiger partial charge in [0.15, 0.2) is 0 Å². The normalized spacial score (nSPS) is 13.3. The molecule has 0 aliphatic heterocycles. The molecule has 1 atom stereocenters. The summed E-state index contributed by atoms with van der Waals surface area (Å²) in [5, 5.41) is 0. The zero-order valence-electron chi connectivity index (χ0n) is 12.5. The van der Waals surface area contributed by atoms with Crippen molar-refractivity contribution in [2.24, 2.45) is 5.73 Å². The zero-order chi connectivity index (χ0) is 16.0. The fourth-order valence-electron chi connectivity index (χ4n) is 1.76. The fraction of sp³-hybridized carbons (Fsp3) is 0.538. The lowest BCUT2D eigenvalue weighted by atomic mass is 10.2. The molecule has 1 heterocycles. The lowest BCUT2D eigenvalue weighted by Gasteiger charge is -2.23.